The number of nitrogens with one attached hydrogen (secondary N) is 2. The zero-order valence-corrected chi connectivity index (χ0v) is 18.2. The molecule has 7 heteroatoms. The zero-order chi connectivity index (χ0) is 20.6. The van der Waals surface area contributed by atoms with Crippen molar-refractivity contribution >= 4 is 17.7 Å². The van der Waals surface area contributed by atoms with Gasteiger partial charge in [-0.25, -0.2) is 4.98 Å². The molecule has 0 aromatic carbocycles. The van der Waals surface area contributed by atoms with Crippen LogP contribution in [0.15, 0.2) is 23.3 Å². The minimum atomic E-state index is 0.259. The normalized spacial score (nSPS) is 20.2. The number of rotatable bonds is 7. The summed E-state index contributed by atoms with van der Waals surface area (Å²) in [6.45, 7) is 8.49. The third-order valence-electron chi connectivity index (χ3n) is 6.13. The average Bonchev–Trinajstić information content (AvgIpc) is 3.45. The number of aromatic nitrogens is 1. The van der Waals surface area contributed by atoms with Gasteiger partial charge in [0.15, 0.2) is 5.96 Å². The van der Waals surface area contributed by atoms with Crippen LogP contribution in [0.3, 0.4) is 0 Å². The molecule has 29 heavy (non-hydrogen) atoms. The smallest absolute Gasteiger partial charge is 0.225 e. The van der Waals surface area contributed by atoms with Crippen molar-refractivity contribution in [2.45, 2.75) is 58.5 Å². The molecule has 2 heterocycles. The molecule has 1 saturated heterocycles. The second kappa shape index (κ2) is 10.5. The highest BCUT2D eigenvalue weighted by atomic mass is 16.2. The number of pyridine rings is 1. The molecule has 1 saturated carbocycles. The molecule has 0 radical (unpaired) electrons. The first-order valence-electron chi connectivity index (χ1n) is 11.1. The fraction of sp³-hybridized carbons (Fsp3) is 0.682. The number of guanidine groups is 1. The lowest BCUT2D eigenvalue weighted by Crippen LogP contribution is -2.45. The maximum atomic E-state index is 12.6. The molecule has 0 bridgehead atoms. The number of amides is 1. The van der Waals surface area contributed by atoms with E-state index in [1.807, 2.05) is 11.1 Å². The highest BCUT2D eigenvalue weighted by molar-refractivity contribution is 5.81. The second-order valence-electron chi connectivity index (χ2n) is 8.02. The van der Waals surface area contributed by atoms with Gasteiger partial charge in [0.2, 0.25) is 5.91 Å². The summed E-state index contributed by atoms with van der Waals surface area (Å²) < 4.78 is 0. The van der Waals surface area contributed by atoms with Crippen LogP contribution in [-0.2, 0) is 11.3 Å². The number of carbonyl (C=O) groups excluding carboxylic acids is 1. The zero-order valence-electron chi connectivity index (χ0n) is 18.2. The first kappa shape index (κ1) is 21.4. The number of hydrogen-bond acceptors (Lipinski definition) is 4. The van der Waals surface area contributed by atoms with Crippen molar-refractivity contribution in [2.24, 2.45) is 10.9 Å². The van der Waals surface area contributed by atoms with Crippen molar-refractivity contribution in [2.75, 3.05) is 38.1 Å². The van der Waals surface area contributed by atoms with E-state index >= 15 is 0 Å². The molecule has 2 aliphatic rings. The van der Waals surface area contributed by atoms with Gasteiger partial charge in [-0.1, -0.05) is 18.9 Å². The number of anilines is 1. The van der Waals surface area contributed by atoms with E-state index in [4.69, 9.17) is 0 Å². The molecule has 1 aromatic rings. The van der Waals surface area contributed by atoms with Crippen LogP contribution in [0.1, 0.15) is 51.5 Å². The van der Waals surface area contributed by atoms with Crippen LogP contribution in [-0.4, -0.2) is 61.0 Å². The summed E-state index contributed by atoms with van der Waals surface area (Å²) in [5, 5.41) is 6.85. The van der Waals surface area contributed by atoms with Crippen molar-refractivity contribution in [3.8, 4) is 0 Å². The van der Waals surface area contributed by atoms with Crippen LogP contribution in [0.4, 0.5) is 5.82 Å². The van der Waals surface area contributed by atoms with Crippen LogP contribution in [0, 0.1) is 5.92 Å². The molecule has 1 unspecified atom stereocenters. The summed E-state index contributed by atoms with van der Waals surface area (Å²) in [6, 6.07) is 4.44. The van der Waals surface area contributed by atoms with Gasteiger partial charge in [-0.2, -0.15) is 0 Å². The van der Waals surface area contributed by atoms with Gasteiger partial charge in [0.25, 0.3) is 0 Å². The van der Waals surface area contributed by atoms with Crippen molar-refractivity contribution in [1.82, 2.24) is 20.5 Å². The molecule has 3 rings (SSSR count). The summed E-state index contributed by atoms with van der Waals surface area (Å²) in [5.74, 6) is 2.41. The van der Waals surface area contributed by atoms with Gasteiger partial charge in [0.1, 0.15) is 5.82 Å². The highest BCUT2D eigenvalue weighted by Crippen LogP contribution is 2.27. The Labute approximate surface area is 175 Å². The Morgan fingerprint density at radius 1 is 1.24 bits per heavy atom. The quantitative estimate of drug-likeness (QED) is 0.543. The van der Waals surface area contributed by atoms with Crippen LogP contribution in [0.25, 0.3) is 0 Å². The molecule has 7 nitrogen and oxygen atoms in total. The molecule has 160 valence electrons. The Morgan fingerprint density at radius 2 is 2.00 bits per heavy atom. The molecular weight excluding hydrogens is 364 g/mol. The number of carbonyl (C=O) groups is 1. The van der Waals surface area contributed by atoms with Gasteiger partial charge >= 0.3 is 0 Å². The van der Waals surface area contributed by atoms with Gasteiger partial charge in [0, 0.05) is 57.9 Å². The molecule has 1 atom stereocenters. The summed E-state index contributed by atoms with van der Waals surface area (Å²) in [6.07, 6.45) is 7.43. The average molecular weight is 401 g/mol. The fourth-order valence-electron chi connectivity index (χ4n) is 4.34. The molecule has 1 aliphatic carbocycles. The molecular formula is C22H36N6O. The first-order chi connectivity index (χ1) is 14.1. The van der Waals surface area contributed by atoms with Gasteiger partial charge < -0.3 is 20.4 Å². The largest absolute Gasteiger partial charge is 0.357 e. The summed E-state index contributed by atoms with van der Waals surface area (Å²) in [7, 11) is 1.79. The lowest BCUT2D eigenvalue weighted by Gasteiger charge is -2.22. The van der Waals surface area contributed by atoms with E-state index in [1.54, 1.807) is 7.05 Å². The van der Waals surface area contributed by atoms with E-state index in [1.165, 1.54) is 12.8 Å². The number of likely N-dealkylation sites (tertiary alicyclic amines) is 1. The van der Waals surface area contributed by atoms with E-state index in [2.05, 4.69) is 51.5 Å². The van der Waals surface area contributed by atoms with Gasteiger partial charge in [-0.3, -0.25) is 9.79 Å². The van der Waals surface area contributed by atoms with E-state index in [0.717, 1.165) is 62.8 Å². The topological polar surface area (TPSA) is 72.9 Å². The van der Waals surface area contributed by atoms with E-state index in [9.17, 15) is 4.79 Å². The van der Waals surface area contributed by atoms with E-state index in [0.29, 0.717) is 12.5 Å². The Bertz CT molecular complexity index is 679. The predicted octanol–water partition coefficient (Wildman–Crippen LogP) is 2.38. The van der Waals surface area contributed by atoms with Crippen LogP contribution >= 0.6 is 0 Å². The third-order valence-corrected chi connectivity index (χ3v) is 6.13. The number of aliphatic imine (C=N–C) groups is 1. The minimum absolute atomic E-state index is 0.259. The minimum Gasteiger partial charge on any atom is -0.357 e. The Hall–Kier alpha value is -2.31. The Kier molecular flexibility index (Phi) is 7.72. The number of nitrogens with zero attached hydrogens (tertiary/aromatic N) is 4. The SMILES string of the molecule is CCN(CC)c1ccc(CNC(=NC)NC2CCN(C(=O)C3CCCC3)C2)cn1. The van der Waals surface area contributed by atoms with Crippen molar-refractivity contribution in [3.63, 3.8) is 0 Å². The molecule has 0 spiro atoms. The van der Waals surface area contributed by atoms with Crippen LogP contribution < -0.4 is 15.5 Å². The van der Waals surface area contributed by atoms with E-state index in [-0.39, 0.29) is 12.0 Å². The van der Waals surface area contributed by atoms with Crippen molar-refractivity contribution in [1.29, 1.82) is 0 Å². The van der Waals surface area contributed by atoms with Gasteiger partial charge in [0.05, 0.1) is 0 Å². The summed E-state index contributed by atoms with van der Waals surface area (Å²) >= 11 is 0. The van der Waals surface area contributed by atoms with Crippen molar-refractivity contribution < 1.29 is 4.79 Å². The van der Waals surface area contributed by atoms with Gasteiger partial charge in [-0.05, 0) is 44.7 Å². The van der Waals surface area contributed by atoms with Crippen LogP contribution in [0.5, 0.6) is 0 Å². The Balaban J connectivity index is 1.45. The molecule has 1 aromatic heterocycles. The lowest BCUT2D eigenvalue weighted by atomic mass is 10.1. The van der Waals surface area contributed by atoms with Gasteiger partial charge in [-0.15, -0.1) is 0 Å². The van der Waals surface area contributed by atoms with Crippen LogP contribution in [0.2, 0.25) is 0 Å². The standard InChI is InChI=1S/C22H36N6O/c1-4-27(5-2)20-11-10-17(14-24-20)15-25-22(23-3)26-19-12-13-28(16-19)21(29)18-8-6-7-9-18/h10-11,14,18-19H,4-9,12-13,15-16H2,1-3H3,(H2,23,25,26). The fourth-order valence-corrected chi connectivity index (χ4v) is 4.34. The Morgan fingerprint density at radius 3 is 2.62 bits per heavy atom. The summed E-state index contributed by atoms with van der Waals surface area (Å²) in [5.41, 5.74) is 1.12. The first-order valence-corrected chi connectivity index (χ1v) is 11.1. The molecule has 2 fully saturated rings. The highest BCUT2D eigenvalue weighted by Gasteiger charge is 2.32. The second-order valence-corrected chi connectivity index (χ2v) is 8.02. The molecule has 2 N–H and O–H groups in total. The monoisotopic (exact) mass is 400 g/mol. The predicted molar refractivity (Wildman–Crippen MR) is 118 cm³/mol. The maximum Gasteiger partial charge on any atom is 0.225 e. The number of hydrogen-bond donors (Lipinski definition) is 2. The maximum absolute atomic E-state index is 12.6. The van der Waals surface area contributed by atoms with Crippen molar-refractivity contribution in [3.05, 3.63) is 23.9 Å². The lowest BCUT2D eigenvalue weighted by molar-refractivity contribution is -0.134. The van der Waals surface area contributed by atoms with E-state index < -0.39 is 0 Å². The summed E-state index contributed by atoms with van der Waals surface area (Å²) in [4.78, 5) is 25.8. The third kappa shape index (κ3) is 5.61. The molecule has 1 amide bonds. The molecule has 1 aliphatic heterocycles.